The van der Waals surface area contributed by atoms with Gasteiger partial charge in [0.2, 0.25) is 11.1 Å². The Bertz CT molecular complexity index is 1090. The topological polar surface area (TPSA) is 83.6 Å². The van der Waals surface area contributed by atoms with E-state index >= 15 is 0 Å². The van der Waals surface area contributed by atoms with Gasteiger partial charge in [0.1, 0.15) is 5.82 Å². The van der Waals surface area contributed by atoms with Gasteiger partial charge >= 0.3 is 0 Å². The fourth-order valence-electron chi connectivity index (χ4n) is 2.81. The summed E-state index contributed by atoms with van der Waals surface area (Å²) in [6.45, 7) is 2.01. The van der Waals surface area contributed by atoms with E-state index in [1.807, 2.05) is 67.6 Å². The number of amides is 1. The van der Waals surface area contributed by atoms with E-state index in [0.29, 0.717) is 16.7 Å². The monoisotopic (exact) mass is 421 g/mol. The van der Waals surface area contributed by atoms with Crippen molar-refractivity contribution in [2.45, 2.75) is 18.5 Å². The summed E-state index contributed by atoms with van der Waals surface area (Å²) in [6.07, 6.45) is 0.682. The highest BCUT2D eigenvalue weighted by molar-refractivity contribution is 7.99. The molecule has 146 valence electrons. The molecule has 0 unspecified atom stereocenters. The minimum Gasteiger partial charge on any atom is -0.301 e. The minimum absolute atomic E-state index is 0.127. The summed E-state index contributed by atoms with van der Waals surface area (Å²) >= 11 is 2.77. The van der Waals surface area contributed by atoms with Gasteiger partial charge in [-0.05, 0) is 12.5 Å². The number of benzene rings is 2. The van der Waals surface area contributed by atoms with Gasteiger partial charge in [0.05, 0.1) is 11.4 Å². The molecule has 0 radical (unpaired) electrons. The number of rotatable bonds is 7. The molecule has 0 aliphatic heterocycles. The molecule has 0 atom stereocenters. The normalized spacial score (nSPS) is 10.8. The van der Waals surface area contributed by atoms with Gasteiger partial charge in [-0.1, -0.05) is 72.4 Å². The summed E-state index contributed by atoms with van der Waals surface area (Å²) in [5.41, 5.74) is 3.10. The van der Waals surface area contributed by atoms with Crippen LogP contribution in [0.3, 0.4) is 0 Å². The Morgan fingerprint density at radius 2 is 1.79 bits per heavy atom. The van der Waals surface area contributed by atoms with Gasteiger partial charge in [0.25, 0.3) is 0 Å². The standard InChI is InChI=1S/C21H19N5OS2/c1-14-19(16-10-6-3-7-11-16)24-20(29-14)23-18(27)13-28-21-22-17(25-26-21)12-15-8-4-2-5-9-15/h2-11H,12-13H2,1H3,(H,22,25,26)(H,23,24,27). The van der Waals surface area contributed by atoms with E-state index in [1.165, 1.54) is 23.1 Å². The molecule has 0 fully saturated rings. The van der Waals surface area contributed by atoms with E-state index < -0.39 is 0 Å². The van der Waals surface area contributed by atoms with Crippen LogP contribution in [-0.4, -0.2) is 31.8 Å². The summed E-state index contributed by atoms with van der Waals surface area (Å²) in [4.78, 5) is 22.4. The Morgan fingerprint density at radius 1 is 1.07 bits per heavy atom. The van der Waals surface area contributed by atoms with Crippen LogP contribution in [0.15, 0.2) is 65.8 Å². The predicted molar refractivity (Wildman–Crippen MR) is 117 cm³/mol. The number of aryl methyl sites for hydroxylation is 1. The summed E-state index contributed by atoms with van der Waals surface area (Å²) in [5.74, 6) is 0.877. The van der Waals surface area contributed by atoms with Gasteiger partial charge < -0.3 is 5.32 Å². The molecule has 6 nitrogen and oxygen atoms in total. The minimum atomic E-state index is -0.127. The van der Waals surface area contributed by atoms with Crippen molar-refractivity contribution in [1.29, 1.82) is 0 Å². The molecule has 8 heteroatoms. The maximum Gasteiger partial charge on any atom is 0.236 e. The second kappa shape index (κ2) is 9.02. The van der Waals surface area contributed by atoms with Crippen LogP contribution in [-0.2, 0) is 11.2 Å². The molecule has 0 aliphatic rings. The van der Waals surface area contributed by atoms with E-state index in [1.54, 1.807) is 0 Å². The zero-order chi connectivity index (χ0) is 20.1. The Labute approximate surface area is 176 Å². The Balaban J connectivity index is 1.32. The quantitative estimate of drug-likeness (QED) is 0.428. The summed E-state index contributed by atoms with van der Waals surface area (Å²) in [7, 11) is 0. The lowest BCUT2D eigenvalue weighted by Crippen LogP contribution is -2.13. The molecule has 2 N–H and O–H groups in total. The third-order valence-corrected chi connectivity index (χ3v) is 5.88. The second-order valence-electron chi connectivity index (χ2n) is 6.35. The molecule has 0 saturated carbocycles. The number of carbonyl (C=O) groups excluding carboxylic acids is 1. The summed E-state index contributed by atoms with van der Waals surface area (Å²) < 4.78 is 0. The number of nitrogens with zero attached hydrogens (tertiary/aromatic N) is 3. The molecule has 29 heavy (non-hydrogen) atoms. The average Bonchev–Trinajstić information content (AvgIpc) is 3.34. The molecule has 0 saturated heterocycles. The number of hydrogen-bond acceptors (Lipinski definition) is 6. The molecule has 2 heterocycles. The van der Waals surface area contributed by atoms with Crippen molar-refractivity contribution in [2.24, 2.45) is 0 Å². The first-order valence-corrected chi connectivity index (χ1v) is 10.9. The van der Waals surface area contributed by atoms with Crippen molar-refractivity contribution in [2.75, 3.05) is 11.1 Å². The van der Waals surface area contributed by atoms with Gasteiger partial charge in [0, 0.05) is 16.9 Å². The highest BCUT2D eigenvalue weighted by Gasteiger charge is 2.13. The number of thioether (sulfide) groups is 1. The van der Waals surface area contributed by atoms with E-state index in [0.717, 1.165) is 27.5 Å². The van der Waals surface area contributed by atoms with Crippen molar-refractivity contribution < 1.29 is 4.79 Å². The summed E-state index contributed by atoms with van der Waals surface area (Å²) in [6, 6.07) is 20.0. The van der Waals surface area contributed by atoms with Gasteiger partial charge in [-0.2, -0.15) is 0 Å². The summed E-state index contributed by atoms with van der Waals surface area (Å²) in [5, 5.41) is 11.2. The lowest BCUT2D eigenvalue weighted by atomic mass is 10.1. The molecule has 4 aromatic rings. The van der Waals surface area contributed by atoms with Crippen LogP contribution in [0, 0.1) is 6.92 Å². The molecule has 0 aliphatic carbocycles. The van der Waals surface area contributed by atoms with E-state index in [9.17, 15) is 4.79 Å². The van der Waals surface area contributed by atoms with Crippen molar-refractivity contribution in [3.05, 3.63) is 76.9 Å². The van der Waals surface area contributed by atoms with Gasteiger partial charge in [-0.25, -0.2) is 9.97 Å². The van der Waals surface area contributed by atoms with E-state index in [-0.39, 0.29) is 11.7 Å². The van der Waals surface area contributed by atoms with Crippen molar-refractivity contribution >= 4 is 34.1 Å². The van der Waals surface area contributed by atoms with Crippen molar-refractivity contribution in [3.8, 4) is 11.3 Å². The first-order valence-electron chi connectivity index (χ1n) is 9.08. The van der Waals surface area contributed by atoms with Gasteiger partial charge in [-0.15, -0.1) is 16.4 Å². The van der Waals surface area contributed by atoms with Gasteiger partial charge in [-0.3, -0.25) is 9.89 Å². The molecule has 2 aromatic carbocycles. The lowest BCUT2D eigenvalue weighted by molar-refractivity contribution is -0.113. The second-order valence-corrected chi connectivity index (χ2v) is 8.50. The highest BCUT2D eigenvalue weighted by atomic mass is 32.2. The van der Waals surface area contributed by atoms with E-state index in [2.05, 4.69) is 25.5 Å². The molecule has 1 amide bonds. The zero-order valence-corrected chi connectivity index (χ0v) is 17.4. The van der Waals surface area contributed by atoms with Crippen molar-refractivity contribution in [3.63, 3.8) is 0 Å². The van der Waals surface area contributed by atoms with Gasteiger partial charge in [0.15, 0.2) is 5.13 Å². The molecule has 0 bridgehead atoms. The first-order chi connectivity index (χ1) is 14.2. The molecular weight excluding hydrogens is 402 g/mol. The van der Waals surface area contributed by atoms with Crippen LogP contribution in [0.5, 0.6) is 0 Å². The van der Waals surface area contributed by atoms with Crippen LogP contribution in [0.4, 0.5) is 5.13 Å². The highest BCUT2D eigenvalue weighted by Crippen LogP contribution is 2.30. The number of thiazole rings is 1. The zero-order valence-electron chi connectivity index (χ0n) is 15.8. The number of H-pyrrole nitrogens is 1. The van der Waals surface area contributed by atoms with Crippen LogP contribution in [0.25, 0.3) is 11.3 Å². The Morgan fingerprint density at radius 3 is 2.55 bits per heavy atom. The maximum absolute atomic E-state index is 12.3. The Hall–Kier alpha value is -2.97. The first kappa shape index (κ1) is 19.4. The number of nitrogens with one attached hydrogen (secondary N) is 2. The number of aromatic nitrogens is 4. The number of hydrogen-bond donors (Lipinski definition) is 2. The Kier molecular flexibility index (Phi) is 6.02. The molecule has 0 spiro atoms. The third-order valence-electron chi connectivity index (χ3n) is 4.15. The smallest absolute Gasteiger partial charge is 0.236 e. The van der Waals surface area contributed by atoms with Crippen LogP contribution in [0.2, 0.25) is 0 Å². The molecule has 2 aromatic heterocycles. The predicted octanol–water partition coefficient (Wildman–Crippen LogP) is 4.56. The molecule has 4 rings (SSSR count). The third kappa shape index (κ3) is 5.10. The van der Waals surface area contributed by atoms with Crippen LogP contribution < -0.4 is 5.32 Å². The maximum atomic E-state index is 12.3. The number of carbonyl (C=O) groups is 1. The van der Waals surface area contributed by atoms with Crippen LogP contribution >= 0.6 is 23.1 Å². The van der Waals surface area contributed by atoms with E-state index in [4.69, 9.17) is 0 Å². The fourth-order valence-corrected chi connectivity index (χ4v) is 4.28. The lowest BCUT2D eigenvalue weighted by Gasteiger charge is -1.99. The van der Waals surface area contributed by atoms with Crippen molar-refractivity contribution in [1.82, 2.24) is 20.2 Å². The fraction of sp³-hybridized carbons (Fsp3) is 0.143. The largest absolute Gasteiger partial charge is 0.301 e. The molecular formula is C21H19N5OS2. The SMILES string of the molecule is Cc1sc(NC(=O)CSc2n[nH]c(Cc3ccccc3)n2)nc1-c1ccccc1. The number of anilines is 1. The average molecular weight is 422 g/mol. The number of aromatic amines is 1. The van der Waals surface area contributed by atoms with Crippen LogP contribution in [0.1, 0.15) is 16.3 Å².